The number of nitrogens with one attached hydrogen (secondary N) is 1. The summed E-state index contributed by atoms with van der Waals surface area (Å²) in [7, 11) is 0. The van der Waals surface area contributed by atoms with E-state index in [1.54, 1.807) is 24.3 Å². The quantitative estimate of drug-likeness (QED) is 0.296. The molecule has 0 radical (unpaired) electrons. The van der Waals surface area contributed by atoms with Gasteiger partial charge in [-0.2, -0.15) is 4.98 Å². The number of rotatable bonds is 7. The lowest BCUT2D eigenvalue weighted by atomic mass is 9.95. The summed E-state index contributed by atoms with van der Waals surface area (Å²) < 4.78 is 23.2. The van der Waals surface area contributed by atoms with Gasteiger partial charge in [-0.3, -0.25) is 4.72 Å². The molecule has 1 N–H and O–H groups in total. The molecule has 4 nitrogen and oxygen atoms in total. The summed E-state index contributed by atoms with van der Waals surface area (Å²) in [5, 5.41) is 0. The molecule has 3 aromatic carbocycles. The van der Waals surface area contributed by atoms with Crippen LogP contribution in [0.3, 0.4) is 0 Å². The minimum atomic E-state index is -0.445. The molecule has 162 valence electrons. The predicted molar refractivity (Wildman–Crippen MR) is 129 cm³/mol. The number of ether oxygens (including phenoxy) is 1. The van der Waals surface area contributed by atoms with Gasteiger partial charge in [0.2, 0.25) is 11.8 Å². The van der Waals surface area contributed by atoms with Crippen LogP contribution in [0.15, 0.2) is 83.8 Å². The zero-order chi connectivity index (χ0) is 22.5. The summed E-state index contributed by atoms with van der Waals surface area (Å²) >= 11 is 1.42. The molecule has 0 aliphatic rings. The van der Waals surface area contributed by atoms with Gasteiger partial charge in [0.1, 0.15) is 0 Å². The van der Waals surface area contributed by atoms with E-state index in [0.29, 0.717) is 17.6 Å². The summed E-state index contributed by atoms with van der Waals surface area (Å²) in [5.74, 6) is 0.644. The van der Waals surface area contributed by atoms with Crippen LogP contribution < -0.4 is 9.46 Å². The Labute approximate surface area is 192 Å². The lowest BCUT2D eigenvalue weighted by Gasteiger charge is -2.15. The monoisotopic (exact) mass is 445 g/mol. The third-order valence-electron chi connectivity index (χ3n) is 4.86. The minimum absolute atomic E-state index is 0.117. The Morgan fingerprint density at radius 1 is 0.906 bits per heavy atom. The van der Waals surface area contributed by atoms with Crippen LogP contribution in [0.1, 0.15) is 30.9 Å². The van der Waals surface area contributed by atoms with Gasteiger partial charge in [0.15, 0.2) is 11.6 Å². The topological polar surface area (TPSA) is 47.0 Å². The van der Waals surface area contributed by atoms with E-state index in [2.05, 4.69) is 35.7 Å². The number of aryl methyl sites for hydroxylation is 1. The molecule has 0 saturated carbocycles. The fraction of sp³-hybridized carbons (Fsp3) is 0.154. The number of benzene rings is 3. The van der Waals surface area contributed by atoms with Crippen molar-refractivity contribution in [3.8, 4) is 22.9 Å². The molecular weight excluding hydrogens is 421 g/mol. The largest absolute Gasteiger partial charge is 0.436 e. The molecule has 6 heteroatoms. The molecule has 32 heavy (non-hydrogen) atoms. The summed E-state index contributed by atoms with van der Waals surface area (Å²) in [5.41, 5.74) is 4.04. The first-order chi connectivity index (χ1) is 15.5. The normalized spacial score (nSPS) is 10.9. The number of halogens is 1. The Morgan fingerprint density at radius 2 is 1.69 bits per heavy atom. The number of nitrogens with zero attached hydrogens (tertiary/aromatic N) is 2. The summed E-state index contributed by atoms with van der Waals surface area (Å²) in [6.07, 6.45) is 0. The average molecular weight is 446 g/mol. The number of aromatic nitrogens is 2. The van der Waals surface area contributed by atoms with Crippen LogP contribution >= 0.6 is 11.9 Å². The van der Waals surface area contributed by atoms with E-state index < -0.39 is 5.82 Å². The van der Waals surface area contributed by atoms with E-state index >= 15 is 0 Å². The molecule has 4 rings (SSSR count). The van der Waals surface area contributed by atoms with Gasteiger partial charge in [-0.05, 0) is 60.2 Å². The molecule has 4 aromatic rings. The van der Waals surface area contributed by atoms with E-state index in [1.165, 1.54) is 29.1 Å². The molecule has 0 atom stereocenters. The van der Waals surface area contributed by atoms with Crippen molar-refractivity contribution in [2.45, 2.75) is 31.6 Å². The highest BCUT2D eigenvalue weighted by atomic mass is 32.2. The first kappa shape index (κ1) is 21.8. The van der Waals surface area contributed by atoms with Crippen molar-refractivity contribution in [1.82, 2.24) is 9.97 Å². The van der Waals surface area contributed by atoms with Gasteiger partial charge in [0.05, 0.1) is 5.69 Å². The predicted octanol–water partition coefficient (Wildman–Crippen LogP) is 7.63. The molecule has 0 bridgehead atoms. The molecule has 1 heterocycles. The van der Waals surface area contributed by atoms with Gasteiger partial charge in [-0.25, -0.2) is 9.37 Å². The molecule has 0 spiro atoms. The van der Waals surface area contributed by atoms with E-state index in [-0.39, 0.29) is 11.6 Å². The van der Waals surface area contributed by atoms with E-state index in [1.807, 2.05) is 43.3 Å². The van der Waals surface area contributed by atoms with Gasteiger partial charge in [-0.1, -0.05) is 62.4 Å². The number of hydrogen-bond donors (Lipinski definition) is 1. The standard InChI is InChI=1S/C26H24FN3OS/c1-17(2)20-11-4-5-12-21(20)23-16-25(31-24-14-7-6-13-22(24)27)29-26(28-23)30-32-19-10-8-9-18(3)15-19/h4-17H,1-3H3,(H,28,29,30). The fourth-order valence-electron chi connectivity index (χ4n) is 3.32. The highest BCUT2D eigenvalue weighted by molar-refractivity contribution is 8.00. The molecular formula is C26H24FN3OS. The van der Waals surface area contributed by atoms with Crippen molar-refractivity contribution in [2.75, 3.05) is 4.72 Å². The summed E-state index contributed by atoms with van der Waals surface area (Å²) in [6, 6.07) is 24.3. The maximum atomic E-state index is 14.2. The Hall–Kier alpha value is -3.38. The first-order valence-electron chi connectivity index (χ1n) is 10.4. The lowest BCUT2D eigenvalue weighted by molar-refractivity contribution is 0.427. The molecule has 1 aromatic heterocycles. The van der Waals surface area contributed by atoms with Crippen LogP contribution in [0, 0.1) is 12.7 Å². The Morgan fingerprint density at radius 3 is 2.47 bits per heavy atom. The smallest absolute Gasteiger partial charge is 0.237 e. The zero-order valence-electron chi connectivity index (χ0n) is 18.2. The van der Waals surface area contributed by atoms with Crippen LogP contribution in [0.25, 0.3) is 11.3 Å². The zero-order valence-corrected chi connectivity index (χ0v) is 19.0. The van der Waals surface area contributed by atoms with Crippen molar-refractivity contribution in [1.29, 1.82) is 0 Å². The summed E-state index contributed by atoms with van der Waals surface area (Å²) in [4.78, 5) is 10.2. The molecule has 0 aliphatic heterocycles. The summed E-state index contributed by atoms with van der Waals surface area (Å²) in [6.45, 7) is 6.33. The van der Waals surface area contributed by atoms with Crippen molar-refractivity contribution < 1.29 is 9.13 Å². The Kier molecular flexibility index (Phi) is 6.71. The molecule has 0 saturated heterocycles. The second-order valence-corrected chi connectivity index (χ2v) is 8.59. The maximum Gasteiger partial charge on any atom is 0.237 e. The second-order valence-electron chi connectivity index (χ2n) is 7.71. The van der Waals surface area contributed by atoms with Crippen molar-refractivity contribution in [3.05, 3.63) is 95.8 Å². The lowest BCUT2D eigenvalue weighted by Crippen LogP contribution is -2.01. The van der Waals surface area contributed by atoms with Crippen LogP contribution in [0.5, 0.6) is 11.6 Å². The van der Waals surface area contributed by atoms with Crippen LogP contribution in [0.2, 0.25) is 0 Å². The molecule has 0 aliphatic carbocycles. The first-order valence-corrected chi connectivity index (χ1v) is 11.2. The van der Waals surface area contributed by atoms with Crippen LogP contribution in [-0.2, 0) is 0 Å². The fourth-order valence-corrected chi connectivity index (χ4v) is 4.01. The Balaban J connectivity index is 1.72. The van der Waals surface area contributed by atoms with Crippen LogP contribution in [0.4, 0.5) is 10.3 Å². The average Bonchev–Trinajstić information content (AvgIpc) is 2.79. The van der Waals surface area contributed by atoms with Crippen molar-refractivity contribution in [3.63, 3.8) is 0 Å². The SMILES string of the molecule is Cc1cccc(SNc2nc(Oc3ccccc3F)cc(-c3ccccc3C(C)C)n2)c1. The van der Waals surface area contributed by atoms with Gasteiger partial charge in [0.25, 0.3) is 0 Å². The van der Waals surface area contributed by atoms with Gasteiger partial charge in [-0.15, -0.1) is 0 Å². The van der Waals surface area contributed by atoms with E-state index in [4.69, 9.17) is 9.72 Å². The third-order valence-corrected chi connectivity index (χ3v) is 5.64. The molecule has 0 amide bonds. The maximum absolute atomic E-state index is 14.2. The number of anilines is 1. The highest BCUT2D eigenvalue weighted by Crippen LogP contribution is 2.33. The third kappa shape index (κ3) is 5.26. The second kappa shape index (κ2) is 9.83. The highest BCUT2D eigenvalue weighted by Gasteiger charge is 2.14. The van der Waals surface area contributed by atoms with Gasteiger partial charge >= 0.3 is 0 Å². The van der Waals surface area contributed by atoms with Crippen molar-refractivity contribution >= 4 is 17.9 Å². The number of hydrogen-bond acceptors (Lipinski definition) is 5. The van der Waals surface area contributed by atoms with E-state index in [9.17, 15) is 4.39 Å². The molecule has 0 fully saturated rings. The van der Waals surface area contributed by atoms with Crippen LogP contribution in [-0.4, -0.2) is 9.97 Å². The van der Waals surface area contributed by atoms with Crippen molar-refractivity contribution in [2.24, 2.45) is 0 Å². The Bertz CT molecular complexity index is 1230. The molecule has 0 unspecified atom stereocenters. The minimum Gasteiger partial charge on any atom is -0.436 e. The number of para-hydroxylation sites is 1. The van der Waals surface area contributed by atoms with Gasteiger partial charge < -0.3 is 4.74 Å². The van der Waals surface area contributed by atoms with E-state index in [0.717, 1.165) is 10.5 Å². The van der Waals surface area contributed by atoms with Gasteiger partial charge in [0, 0.05) is 16.5 Å².